The quantitative estimate of drug-likeness (QED) is 0.764. The molecule has 6 nitrogen and oxygen atoms in total. The third-order valence-electron chi connectivity index (χ3n) is 3.49. The molecule has 1 aromatic rings. The van der Waals surface area contributed by atoms with Crippen LogP contribution in [0.3, 0.4) is 0 Å². The van der Waals surface area contributed by atoms with Gasteiger partial charge in [0.2, 0.25) is 11.8 Å². The van der Waals surface area contributed by atoms with Crippen molar-refractivity contribution in [3.05, 3.63) is 29.8 Å². The Kier molecular flexibility index (Phi) is 6.02. The zero-order chi connectivity index (χ0) is 16.8. The van der Waals surface area contributed by atoms with Gasteiger partial charge in [-0.3, -0.25) is 14.9 Å². The molecule has 3 N–H and O–H groups in total. The molecular weight excluding hydrogens is 312 g/mol. The van der Waals surface area contributed by atoms with Gasteiger partial charge in [0.25, 0.3) is 0 Å². The number of thioether (sulfide) groups is 1. The molecule has 122 valence electrons. The molecule has 3 unspecified atom stereocenters. The molecule has 3 atom stereocenters. The Morgan fingerprint density at radius 2 is 2.26 bits per heavy atom. The summed E-state index contributed by atoms with van der Waals surface area (Å²) in [6, 6.07) is 9.04. The zero-order valence-electron chi connectivity index (χ0n) is 13.1. The van der Waals surface area contributed by atoms with Crippen LogP contribution in [0.1, 0.15) is 32.3 Å². The number of carbonyl (C=O) groups excluding carboxylic acids is 2. The largest absolute Gasteiger partial charge is 0.332 e. The van der Waals surface area contributed by atoms with Crippen LogP contribution in [-0.4, -0.2) is 28.6 Å². The third kappa shape index (κ3) is 4.71. The number of rotatable bonds is 5. The smallest absolute Gasteiger partial charge is 0.237 e. The number of amides is 2. The van der Waals surface area contributed by atoms with Gasteiger partial charge < -0.3 is 10.6 Å². The number of benzene rings is 1. The Morgan fingerprint density at radius 1 is 1.52 bits per heavy atom. The van der Waals surface area contributed by atoms with Crippen LogP contribution in [0.2, 0.25) is 0 Å². The normalized spacial score (nSPS) is 21.9. The first-order chi connectivity index (χ1) is 11.0. The minimum Gasteiger partial charge on any atom is -0.332 e. The maximum absolute atomic E-state index is 12.5. The predicted molar refractivity (Wildman–Crippen MR) is 90.6 cm³/mol. The molecule has 0 spiro atoms. The number of nitrogens with zero attached hydrogens (tertiary/aromatic N) is 1. The highest BCUT2D eigenvalue weighted by molar-refractivity contribution is 8.01. The van der Waals surface area contributed by atoms with Crippen molar-refractivity contribution in [3.8, 4) is 6.07 Å². The van der Waals surface area contributed by atoms with Crippen LogP contribution in [-0.2, 0) is 9.59 Å². The highest BCUT2D eigenvalue weighted by Gasteiger charge is 2.28. The van der Waals surface area contributed by atoms with Crippen LogP contribution in [0.4, 0.5) is 5.69 Å². The van der Waals surface area contributed by atoms with E-state index in [2.05, 4.69) is 22.0 Å². The van der Waals surface area contributed by atoms with Gasteiger partial charge in [-0.1, -0.05) is 19.1 Å². The van der Waals surface area contributed by atoms with E-state index in [0.29, 0.717) is 24.1 Å². The maximum Gasteiger partial charge on any atom is 0.237 e. The number of anilines is 1. The van der Waals surface area contributed by atoms with Crippen LogP contribution in [0.5, 0.6) is 0 Å². The van der Waals surface area contributed by atoms with Crippen molar-refractivity contribution in [2.45, 2.75) is 43.5 Å². The van der Waals surface area contributed by atoms with E-state index in [1.165, 1.54) is 11.8 Å². The summed E-state index contributed by atoms with van der Waals surface area (Å²) in [4.78, 5) is 24.1. The summed E-state index contributed by atoms with van der Waals surface area (Å²) in [5.74, 6) is -0.187. The molecule has 0 radical (unpaired) electrons. The number of para-hydroxylation sites is 1. The lowest BCUT2D eigenvalue weighted by Crippen LogP contribution is -2.54. The standard InChI is InChI=1S/C16H20N4O2S/c1-3-13(23-16-18-10(2)8-14(21)20-16)15(22)19-12-7-5-4-6-11(12)9-17/h4-7,10,13,16,18H,3,8H2,1-2H3,(H,19,22)(H,20,21). The summed E-state index contributed by atoms with van der Waals surface area (Å²) in [5, 5.41) is 17.6. The SMILES string of the molecule is CCC(SC1NC(=O)CC(C)N1)C(=O)Nc1ccccc1C#N. The highest BCUT2D eigenvalue weighted by Crippen LogP contribution is 2.23. The Hall–Kier alpha value is -2.04. The molecule has 0 saturated carbocycles. The Balaban J connectivity index is 2.01. The Labute approximate surface area is 140 Å². The molecule has 1 aromatic carbocycles. The van der Waals surface area contributed by atoms with Crippen molar-refractivity contribution in [1.82, 2.24) is 10.6 Å². The Bertz CT molecular complexity index is 629. The summed E-state index contributed by atoms with van der Waals surface area (Å²) in [6.07, 6.45) is 1.06. The van der Waals surface area contributed by atoms with Gasteiger partial charge >= 0.3 is 0 Å². The summed E-state index contributed by atoms with van der Waals surface area (Å²) in [6.45, 7) is 3.86. The topological polar surface area (TPSA) is 94.0 Å². The molecule has 2 rings (SSSR count). The maximum atomic E-state index is 12.5. The van der Waals surface area contributed by atoms with Gasteiger partial charge in [0, 0.05) is 12.5 Å². The molecule has 0 aromatic heterocycles. The summed E-state index contributed by atoms with van der Waals surface area (Å²) in [7, 11) is 0. The van der Waals surface area contributed by atoms with Gasteiger partial charge in [-0.2, -0.15) is 5.26 Å². The summed E-state index contributed by atoms with van der Waals surface area (Å²) in [5.41, 5.74) is 0.652. The van der Waals surface area contributed by atoms with Crippen molar-refractivity contribution in [1.29, 1.82) is 5.26 Å². The van der Waals surface area contributed by atoms with E-state index in [9.17, 15) is 9.59 Å². The predicted octanol–water partition coefficient (Wildman–Crippen LogP) is 1.79. The Morgan fingerprint density at radius 3 is 2.91 bits per heavy atom. The van der Waals surface area contributed by atoms with Crippen LogP contribution in [0.25, 0.3) is 0 Å². The van der Waals surface area contributed by atoms with E-state index in [1.54, 1.807) is 24.3 Å². The lowest BCUT2D eigenvalue weighted by atomic mass is 10.2. The van der Waals surface area contributed by atoms with E-state index in [-0.39, 0.29) is 28.6 Å². The second-order valence-electron chi connectivity index (χ2n) is 5.40. The number of nitrogens with one attached hydrogen (secondary N) is 3. The second kappa shape index (κ2) is 7.99. The van der Waals surface area contributed by atoms with Crippen LogP contribution < -0.4 is 16.0 Å². The van der Waals surface area contributed by atoms with Crippen molar-refractivity contribution in [2.24, 2.45) is 0 Å². The summed E-state index contributed by atoms with van der Waals surface area (Å²) >= 11 is 1.38. The van der Waals surface area contributed by atoms with Gasteiger partial charge in [-0.05, 0) is 25.5 Å². The molecule has 2 amide bonds. The third-order valence-corrected chi connectivity index (χ3v) is 4.89. The first-order valence-corrected chi connectivity index (χ1v) is 8.48. The molecule has 1 saturated heterocycles. The average Bonchev–Trinajstić information content (AvgIpc) is 2.52. The number of nitriles is 1. The van der Waals surface area contributed by atoms with E-state index >= 15 is 0 Å². The molecule has 1 heterocycles. The van der Waals surface area contributed by atoms with Crippen LogP contribution in [0.15, 0.2) is 24.3 Å². The molecule has 7 heteroatoms. The number of hydrogen-bond acceptors (Lipinski definition) is 5. The molecule has 23 heavy (non-hydrogen) atoms. The van der Waals surface area contributed by atoms with Gasteiger partial charge in [0.1, 0.15) is 11.6 Å². The summed E-state index contributed by atoms with van der Waals surface area (Å²) < 4.78 is 0. The van der Waals surface area contributed by atoms with Gasteiger partial charge in [-0.25, -0.2) is 0 Å². The molecule has 1 aliphatic heterocycles. The number of carbonyl (C=O) groups is 2. The van der Waals surface area contributed by atoms with E-state index < -0.39 is 0 Å². The fourth-order valence-electron chi connectivity index (χ4n) is 2.33. The van der Waals surface area contributed by atoms with E-state index in [4.69, 9.17) is 5.26 Å². The lowest BCUT2D eigenvalue weighted by molar-refractivity contribution is -0.123. The molecule has 0 bridgehead atoms. The van der Waals surface area contributed by atoms with E-state index in [1.807, 2.05) is 13.8 Å². The minimum atomic E-state index is -0.329. The molecule has 1 aliphatic rings. The van der Waals surface area contributed by atoms with Gasteiger partial charge in [-0.15, -0.1) is 11.8 Å². The van der Waals surface area contributed by atoms with Gasteiger partial charge in [0.15, 0.2) is 0 Å². The first kappa shape index (κ1) is 17.3. The van der Waals surface area contributed by atoms with Gasteiger partial charge in [0.05, 0.1) is 16.5 Å². The van der Waals surface area contributed by atoms with Crippen molar-refractivity contribution in [2.75, 3.05) is 5.32 Å². The number of hydrogen-bond donors (Lipinski definition) is 3. The minimum absolute atomic E-state index is 0.0150. The van der Waals surface area contributed by atoms with Crippen molar-refractivity contribution >= 4 is 29.3 Å². The second-order valence-corrected chi connectivity index (χ2v) is 6.71. The first-order valence-electron chi connectivity index (χ1n) is 7.54. The lowest BCUT2D eigenvalue weighted by Gasteiger charge is -2.31. The van der Waals surface area contributed by atoms with Crippen LogP contribution in [0, 0.1) is 11.3 Å². The molecule has 0 aliphatic carbocycles. The monoisotopic (exact) mass is 332 g/mol. The van der Waals surface area contributed by atoms with Crippen molar-refractivity contribution in [3.63, 3.8) is 0 Å². The molecular formula is C16H20N4O2S. The fourth-order valence-corrected chi connectivity index (χ4v) is 3.54. The van der Waals surface area contributed by atoms with E-state index in [0.717, 1.165) is 0 Å². The zero-order valence-corrected chi connectivity index (χ0v) is 13.9. The fraction of sp³-hybridized carbons (Fsp3) is 0.438. The van der Waals surface area contributed by atoms with Crippen molar-refractivity contribution < 1.29 is 9.59 Å². The molecule has 1 fully saturated rings. The highest BCUT2D eigenvalue weighted by atomic mass is 32.2. The average molecular weight is 332 g/mol. The van der Waals surface area contributed by atoms with Crippen LogP contribution >= 0.6 is 11.8 Å².